The van der Waals surface area contributed by atoms with Gasteiger partial charge in [-0.2, -0.15) is 0 Å². The molecular formula is C10H18O. The van der Waals surface area contributed by atoms with Crippen LogP contribution in [0.15, 0.2) is 12.2 Å². The smallest absolute Gasteiger partial charge is 0.158 e. The molecule has 0 rings (SSSR count). The minimum atomic E-state index is 0.197. The van der Waals surface area contributed by atoms with Gasteiger partial charge in [0.1, 0.15) is 0 Å². The van der Waals surface area contributed by atoms with Gasteiger partial charge in [0.15, 0.2) is 5.78 Å². The molecule has 64 valence electrons. The fourth-order valence-electron chi connectivity index (χ4n) is 0.732. The standard InChI is InChI=1S/C10H18O/c1-4-6-7-8-10(11)9(3)5-2/h7-9H,4-6H2,1-3H3. The molecule has 0 heterocycles. The van der Waals surface area contributed by atoms with E-state index >= 15 is 0 Å². The van der Waals surface area contributed by atoms with Gasteiger partial charge in [0.2, 0.25) is 0 Å². The van der Waals surface area contributed by atoms with Crippen LogP contribution in [0.1, 0.15) is 40.0 Å². The van der Waals surface area contributed by atoms with Gasteiger partial charge in [-0.3, -0.25) is 4.79 Å². The predicted molar refractivity (Wildman–Crippen MR) is 48.5 cm³/mol. The van der Waals surface area contributed by atoms with E-state index < -0.39 is 0 Å². The van der Waals surface area contributed by atoms with Gasteiger partial charge in [0.25, 0.3) is 0 Å². The van der Waals surface area contributed by atoms with Crippen LogP contribution in [0, 0.1) is 5.92 Å². The molecule has 0 N–H and O–H groups in total. The predicted octanol–water partition coefficient (Wildman–Crippen LogP) is 2.96. The van der Waals surface area contributed by atoms with Crippen molar-refractivity contribution >= 4 is 5.78 Å². The first-order chi connectivity index (χ1) is 5.22. The van der Waals surface area contributed by atoms with Crippen LogP contribution in [0.25, 0.3) is 0 Å². The maximum atomic E-state index is 11.2. The molecule has 0 fully saturated rings. The Bertz CT molecular complexity index is 136. The Morgan fingerprint density at radius 3 is 2.55 bits per heavy atom. The van der Waals surface area contributed by atoms with Crippen molar-refractivity contribution in [2.75, 3.05) is 0 Å². The third-order valence-electron chi connectivity index (χ3n) is 1.84. The van der Waals surface area contributed by atoms with Gasteiger partial charge in [-0.15, -0.1) is 0 Å². The average Bonchev–Trinajstić information content (AvgIpc) is 2.03. The van der Waals surface area contributed by atoms with Crippen molar-refractivity contribution in [3.8, 4) is 0 Å². The second-order valence-electron chi connectivity index (χ2n) is 2.90. The molecule has 0 radical (unpaired) electrons. The molecule has 1 atom stereocenters. The van der Waals surface area contributed by atoms with E-state index in [0.29, 0.717) is 0 Å². The number of unbranched alkanes of at least 4 members (excludes halogenated alkanes) is 1. The summed E-state index contributed by atoms with van der Waals surface area (Å²) in [4.78, 5) is 11.2. The zero-order valence-corrected chi connectivity index (χ0v) is 7.76. The van der Waals surface area contributed by atoms with E-state index in [0.717, 1.165) is 19.3 Å². The fourth-order valence-corrected chi connectivity index (χ4v) is 0.732. The largest absolute Gasteiger partial charge is 0.295 e. The van der Waals surface area contributed by atoms with E-state index in [1.807, 2.05) is 19.9 Å². The van der Waals surface area contributed by atoms with E-state index in [1.165, 1.54) is 0 Å². The third-order valence-corrected chi connectivity index (χ3v) is 1.84. The second-order valence-corrected chi connectivity index (χ2v) is 2.90. The van der Waals surface area contributed by atoms with Crippen LogP contribution >= 0.6 is 0 Å². The number of hydrogen-bond acceptors (Lipinski definition) is 1. The number of rotatable bonds is 5. The zero-order chi connectivity index (χ0) is 8.69. The Morgan fingerprint density at radius 1 is 1.45 bits per heavy atom. The molecule has 0 spiro atoms. The molecule has 1 heteroatoms. The summed E-state index contributed by atoms with van der Waals surface area (Å²) in [5, 5.41) is 0. The average molecular weight is 154 g/mol. The van der Waals surface area contributed by atoms with Crippen molar-refractivity contribution < 1.29 is 4.79 Å². The minimum absolute atomic E-state index is 0.197. The first kappa shape index (κ1) is 10.4. The molecule has 0 saturated carbocycles. The number of hydrogen-bond donors (Lipinski definition) is 0. The second kappa shape index (κ2) is 6.14. The normalized spacial score (nSPS) is 13.7. The number of carbonyl (C=O) groups is 1. The summed E-state index contributed by atoms with van der Waals surface area (Å²) in [6, 6.07) is 0. The molecule has 0 saturated heterocycles. The summed E-state index contributed by atoms with van der Waals surface area (Å²) in [6.45, 7) is 6.12. The van der Waals surface area contributed by atoms with Gasteiger partial charge in [-0.1, -0.05) is 33.3 Å². The van der Waals surface area contributed by atoms with E-state index in [2.05, 4.69) is 6.92 Å². The fraction of sp³-hybridized carbons (Fsp3) is 0.700. The Kier molecular flexibility index (Phi) is 5.81. The molecule has 1 unspecified atom stereocenters. The van der Waals surface area contributed by atoms with Crippen molar-refractivity contribution in [1.29, 1.82) is 0 Å². The van der Waals surface area contributed by atoms with Gasteiger partial charge in [-0.05, 0) is 18.9 Å². The lowest BCUT2D eigenvalue weighted by Gasteiger charge is -2.00. The van der Waals surface area contributed by atoms with Crippen molar-refractivity contribution in [1.82, 2.24) is 0 Å². The lowest BCUT2D eigenvalue weighted by Crippen LogP contribution is -2.05. The number of ketones is 1. The lowest BCUT2D eigenvalue weighted by atomic mass is 10.0. The highest BCUT2D eigenvalue weighted by Crippen LogP contribution is 2.03. The molecule has 0 aromatic heterocycles. The van der Waals surface area contributed by atoms with Crippen molar-refractivity contribution in [3.63, 3.8) is 0 Å². The molecule has 1 nitrogen and oxygen atoms in total. The molecule has 0 aromatic carbocycles. The highest BCUT2D eigenvalue weighted by atomic mass is 16.1. The van der Waals surface area contributed by atoms with E-state index in [4.69, 9.17) is 0 Å². The highest BCUT2D eigenvalue weighted by Gasteiger charge is 2.04. The van der Waals surface area contributed by atoms with Crippen LogP contribution in [0.5, 0.6) is 0 Å². The molecular weight excluding hydrogens is 136 g/mol. The van der Waals surface area contributed by atoms with Crippen LogP contribution in [0.4, 0.5) is 0 Å². The van der Waals surface area contributed by atoms with Crippen LogP contribution in [-0.2, 0) is 4.79 Å². The monoisotopic (exact) mass is 154 g/mol. The zero-order valence-electron chi connectivity index (χ0n) is 7.76. The number of carbonyl (C=O) groups excluding carboxylic acids is 1. The molecule has 0 aromatic rings. The quantitative estimate of drug-likeness (QED) is 0.556. The van der Waals surface area contributed by atoms with Gasteiger partial charge in [0, 0.05) is 5.92 Å². The van der Waals surface area contributed by atoms with E-state index in [-0.39, 0.29) is 11.7 Å². The molecule has 0 aliphatic carbocycles. The first-order valence-electron chi connectivity index (χ1n) is 4.42. The Hall–Kier alpha value is -0.590. The maximum absolute atomic E-state index is 11.2. The van der Waals surface area contributed by atoms with Crippen molar-refractivity contribution in [2.24, 2.45) is 5.92 Å². The van der Waals surface area contributed by atoms with Crippen molar-refractivity contribution in [2.45, 2.75) is 40.0 Å². The summed E-state index contributed by atoms with van der Waals surface area (Å²) in [5.74, 6) is 0.462. The van der Waals surface area contributed by atoms with Gasteiger partial charge in [0.05, 0.1) is 0 Å². The topological polar surface area (TPSA) is 17.1 Å². The molecule has 0 bridgehead atoms. The Labute approximate surface area is 69.5 Å². The summed E-state index contributed by atoms with van der Waals surface area (Å²) in [7, 11) is 0. The summed E-state index contributed by atoms with van der Waals surface area (Å²) >= 11 is 0. The summed E-state index contributed by atoms with van der Waals surface area (Å²) in [6.07, 6.45) is 6.76. The summed E-state index contributed by atoms with van der Waals surface area (Å²) in [5.41, 5.74) is 0. The minimum Gasteiger partial charge on any atom is -0.295 e. The van der Waals surface area contributed by atoms with Crippen LogP contribution in [0.3, 0.4) is 0 Å². The molecule has 11 heavy (non-hydrogen) atoms. The van der Waals surface area contributed by atoms with Crippen LogP contribution in [0.2, 0.25) is 0 Å². The Balaban J connectivity index is 3.67. The van der Waals surface area contributed by atoms with Crippen molar-refractivity contribution in [3.05, 3.63) is 12.2 Å². The van der Waals surface area contributed by atoms with Gasteiger partial charge in [-0.25, -0.2) is 0 Å². The highest BCUT2D eigenvalue weighted by molar-refractivity contribution is 5.91. The molecule has 0 aliphatic rings. The van der Waals surface area contributed by atoms with E-state index in [9.17, 15) is 4.79 Å². The number of allylic oxidation sites excluding steroid dienone is 2. The molecule has 0 amide bonds. The summed E-state index contributed by atoms with van der Waals surface area (Å²) < 4.78 is 0. The van der Waals surface area contributed by atoms with Crippen LogP contribution in [-0.4, -0.2) is 5.78 Å². The van der Waals surface area contributed by atoms with Gasteiger partial charge < -0.3 is 0 Å². The van der Waals surface area contributed by atoms with E-state index in [1.54, 1.807) is 6.08 Å². The Morgan fingerprint density at radius 2 is 2.09 bits per heavy atom. The van der Waals surface area contributed by atoms with Crippen LogP contribution < -0.4 is 0 Å². The lowest BCUT2D eigenvalue weighted by molar-refractivity contribution is -0.117. The first-order valence-corrected chi connectivity index (χ1v) is 4.42. The maximum Gasteiger partial charge on any atom is 0.158 e. The van der Waals surface area contributed by atoms with Gasteiger partial charge >= 0.3 is 0 Å². The SMILES string of the molecule is CCCC=CC(=O)C(C)CC. The third kappa shape index (κ3) is 4.77. The molecule has 0 aliphatic heterocycles.